The molecule has 4 nitrogen and oxygen atoms in total. The van der Waals surface area contributed by atoms with E-state index in [-0.39, 0.29) is 6.04 Å². The van der Waals surface area contributed by atoms with Crippen molar-refractivity contribution in [3.8, 4) is 0 Å². The molecule has 0 saturated carbocycles. The van der Waals surface area contributed by atoms with Crippen LogP contribution in [0.15, 0.2) is 11.6 Å². The second-order valence-corrected chi connectivity index (χ2v) is 5.34. The van der Waals surface area contributed by atoms with E-state index in [1.807, 2.05) is 27.1 Å². The van der Waals surface area contributed by atoms with Gasteiger partial charge in [0.05, 0.1) is 6.42 Å². The van der Waals surface area contributed by atoms with Crippen LogP contribution in [0.25, 0.3) is 0 Å². The Bertz CT molecular complexity index is 536. The number of nitrogens with one attached hydrogen (secondary N) is 1. The SMILES string of the molecule is CNC(C)c1cnc(Cc2nc(C)cs2)nc1C. The first-order chi connectivity index (χ1) is 8.60. The van der Waals surface area contributed by atoms with Gasteiger partial charge in [0, 0.05) is 34.6 Å². The monoisotopic (exact) mass is 262 g/mol. The normalized spacial score (nSPS) is 12.7. The molecule has 0 aliphatic rings. The molecule has 2 heterocycles. The number of aryl methyl sites for hydroxylation is 2. The van der Waals surface area contributed by atoms with Gasteiger partial charge in [-0.25, -0.2) is 15.0 Å². The van der Waals surface area contributed by atoms with Crippen LogP contribution in [-0.2, 0) is 6.42 Å². The number of nitrogens with zero attached hydrogens (tertiary/aromatic N) is 3. The third kappa shape index (κ3) is 2.91. The maximum absolute atomic E-state index is 4.56. The van der Waals surface area contributed by atoms with Crippen LogP contribution >= 0.6 is 11.3 Å². The fourth-order valence-electron chi connectivity index (χ4n) is 1.81. The summed E-state index contributed by atoms with van der Waals surface area (Å²) in [5.41, 5.74) is 3.25. The summed E-state index contributed by atoms with van der Waals surface area (Å²) in [4.78, 5) is 13.4. The molecule has 1 unspecified atom stereocenters. The van der Waals surface area contributed by atoms with E-state index in [0.29, 0.717) is 6.42 Å². The quantitative estimate of drug-likeness (QED) is 0.919. The van der Waals surface area contributed by atoms with Gasteiger partial charge >= 0.3 is 0 Å². The molecule has 0 saturated heterocycles. The number of rotatable bonds is 4. The number of aromatic nitrogens is 3. The highest BCUT2D eigenvalue weighted by Gasteiger charge is 2.10. The van der Waals surface area contributed by atoms with Gasteiger partial charge in [0.1, 0.15) is 10.8 Å². The molecule has 0 fully saturated rings. The second kappa shape index (κ2) is 5.54. The zero-order valence-corrected chi connectivity index (χ0v) is 12.0. The minimum Gasteiger partial charge on any atom is -0.313 e. The van der Waals surface area contributed by atoms with E-state index in [2.05, 4.69) is 32.6 Å². The minimum atomic E-state index is 0.279. The van der Waals surface area contributed by atoms with E-state index in [0.717, 1.165) is 27.8 Å². The van der Waals surface area contributed by atoms with Crippen LogP contribution in [0.5, 0.6) is 0 Å². The summed E-state index contributed by atoms with van der Waals surface area (Å²) in [5, 5.41) is 6.33. The first-order valence-corrected chi connectivity index (χ1v) is 6.88. The Morgan fingerprint density at radius 2 is 2.11 bits per heavy atom. The van der Waals surface area contributed by atoms with Crippen LogP contribution in [0.2, 0.25) is 0 Å². The van der Waals surface area contributed by atoms with Gasteiger partial charge < -0.3 is 5.32 Å². The molecule has 0 radical (unpaired) electrons. The number of hydrogen-bond donors (Lipinski definition) is 1. The van der Waals surface area contributed by atoms with E-state index < -0.39 is 0 Å². The Balaban J connectivity index is 2.18. The maximum Gasteiger partial charge on any atom is 0.135 e. The third-order valence-electron chi connectivity index (χ3n) is 2.94. The number of thiazole rings is 1. The van der Waals surface area contributed by atoms with Crippen molar-refractivity contribution >= 4 is 11.3 Å². The summed E-state index contributed by atoms with van der Waals surface area (Å²) in [6.45, 7) is 6.14. The van der Waals surface area contributed by atoms with Crippen molar-refractivity contribution in [3.63, 3.8) is 0 Å². The van der Waals surface area contributed by atoms with E-state index >= 15 is 0 Å². The molecule has 18 heavy (non-hydrogen) atoms. The lowest BCUT2D eigenvalue weighted by Gasteiger charge is -2.12. The molecule has 0 aliphatic carbocycles. The Kier molecular flexibility index (Phi) is 4.04. The lowest BCUT2D eigenvalue weighted by molar-refractivity contribution is 0.638. The fraction of sp³-hybridized carbons (Fsp3) is 0.462. The topological polar surface area (TPSA) is 50.7 Å². The lowest BCUT2D eigenvalue weighted by atomic mass is 10.1. The first kappa shape index (κ1) is 13.1. The summed E-state index contributed by atoms with van der Waals surface area (Å²) in [7, 11) is 1.94. The Hall–Kier alpha value is -1.33. The van der Waals surface area contributed by atoms with Gasteiger partial charge in [0.25, 0.3) is 0 Å². The summed E-state index contributed by atoms with van der Waals surface area (Å²) in [6.07, 6.45) is 2.63. The largest absolute Gasteiger partial charge is 0.313 e. The van der Waals surface area contributed by atoms with Crippen molar-refractivity contribution in [1.82, 2.24) is 20.3 Å². The highest BCUT2D eigenvalue weighted by Crippen LogP contribution is 2.16. The van der Waals surface area contributed by atoms with Crippen molar-refractivity contribution in [3.05, 3.63) is 39.4 Å². The summed E-state index contributed by atoms with van der Waals surface area (Å²) in [5.74, 6) is 0.842. The lowest BCUT2D eigenvalue weighted by Crippen LogP contribution is -2.15. The van der Waals surface area contributed by atoms with Crippen molar-refractivity contribution in [2.24, 2.45) is 0 Å². The van der Waals surface area contributed by atoms with E-state index in [1.165, 1.54) is 0 Å². The smallest absolute Gasteiger partial charge is 0.135 e. The van der Waals surface area contributed by atoms with Gasteiger partial charge in [0.15, 0.2) is 0 Å². The van der Waals surface area contributed by atoms with Gasteiger partial charge in [-0.3, -0.25) is 0 Å². The standard InChI is InChI=1S/C13H18N4S/c1-8-7-18-13(16-8)5-12-15-6-11(9(2)14-4)10(3)17-12/h6-7,9,14H,5H2,1-4H3. The van der Waals surface area contributed by atoms with Gasteiger partial charge in [-0.05, 0) is 27.8 Å². The average Bonchev–Trinajstić information content (AvgIpc) is 2.74. The van der Waals surface area contributed by atoms with E-state index in [9.17, 15) is 0 Å². The highest BCUT2D eigenvalue weighted by atomic mass is 32.1. The fourth-order valence-corrected chi connectivity index (χ4v) is 2.58. The molecular weight excluding hydrogens is 244 g/mol. The average molecular weight is 262 g/mol. The molecule has 0 spiro atoms. The number of hydrogen-bond acceptors (Lipinski definition) is 5. The van der Waals surface area contributed by atoms with Gasteiger partial charge in [-0.15, -0.1) is 11.3 Å². The van der Waals surface area contributed by atoms with Crippen LogP contribution < -0.4 is 5.32 Å². The van der Waals surface area contributed by atoms with Crippen LogP contribution in [0, 0.1) is 13.8 Å². The predicted octanol–water partition coefficient (Wildman–Crippen LogP) is 2.42. The molecular formula is C13H18N4S. The molecule has 1 N–H and O–H groups in total. The van der Waals surface area contributed by atoms with Gasteiger partial charge in [-0.2, -0.15) is 0 Å². The molecule has 2 aromatic rings. The molecule has 96 valence electrons. The zero-order chi connectivity index (χ0) is 13.1. The van der Waals surface area contributed by atoms with Crippen LogP contribution in [-0.4, -0.2) is 22.0 Å². The minimum absolute atomic E-state index is 0.279. The van der Waals surface area contributed by atoms with Crippen molar-refractivity contribution in [1.29, 1.82) is 0 Å². The summed E-state index contributed by atoms with van der Waals surface area (Å²) >= 11 is 1.66. The zero-order valence-electron chi connectivity index (χ0n) is 11.2. The molecule has 0 aliphatic heterocycles. The van der Waals surface area contributed by atoms with E-state index in [4.69, 9.17) is 0 Å². The predicted molar refractivity (Wildman–Crippen MR) is 73.9 cm³/mol. The first-order valence-electron chi connectivity index (χ1n) is 6.01. The van der Waals surface area contributed by atoms with Crippen LogP contribution in [0.3, 0.4) is 0 Å². The maximum atomic E-state index is 4.56. The molecule has 1 atom stereocenters. The summed E-state index contributed by atoms with van der Waals surface area (Å²) < 4.78 is 0. The van der Waals surface area contributed by atoms with Crippen LogP contribution in [0.4, 0.5) is 0 Å². The molecule has 0 amide bonds. The Morgan fingerprint density at radius 1 is 1.33 bits per heavy atom. The molecule has 2 aromatic heterocycles. The Morgan fingerprint density at radius 3 is 2.67 bits per heavy atom. The molecule has 0 bridgehead atoms. The summed E-state index contributed by atoms with van der Waals surface area (Å²) in [6, 6.07) is 0.279. The van der Waals surface area contributed by atoms with Gasteiger partial charge in [0.2, 0.25) is 0 Å². The molecule has 2 rings (SSSR count). The van der Waals surface area contributed by atoms with Crippen molar-refractivity contribution in [2.45, 2.75) is 33.2 Å². The van der Waals surface area contributed by atoms with E-state index in [1.54, 1.807) is 11.3 Å². The third-order valence-corrected chi connectivity index (χ3v) is 3.91. The van der Waals surface area contributed by atoms with Crippen LogP contribution in [0.1, 0.15) is 40.7 Å². The molecule has 0 aromatic carbocycles. The highest BCUT2D eigenvalue weighted by molar-refractivity contribution is 7.09. The Labute approximate surface area is 112 Å². The van der Waals surface area contributed by atoms with Crippen molar-refractivity contribution in [2.75, 3.05) is 7.05 Å². The van der Waals surface area contributed by atoms with Gasteiger partial charge in [-0.1, -0.05) is 0 Å². The molecule has 5 heteroatoms. The van der Waals surface area contributed by atoms with Crippen molar-refractivity contribution < 1.29 is 0 Å². The second-order valence-electron chi connectivity index (χ2n) is 4.40.